The van der Waals surface area contributed by atoms with E-state index in [1.54, 1.807) is 24.4 Å². The van der Waals surface area contributed by atoms with Gasteiger partial charge in [0.2, 0.25) is 0 Å². The number of nitrogens with zero attached hydrogens (tertiary/aromatic N) is 2. The number of nitrogens with one attached hydrogen (secondary N) is 1. The van der Waals surface area contributed by atoms with Gasteiger partial charge in [0.25, 0.3) is 0 Å². The van der Waals surface area contributed by atoms with Crippen molar-refractivity contribution in [2.75, 3.05) is 23.4 Å². The number of carbonyl (C=O) groups excluding carboxylic acids is 1. The van der Waals surface area contributed by atoms with Crippen LogP contribution < -0.4 is 10.2 Å². The molecule has 1 aliphatic rings. The summed E-state index contributed by atoms with van der Waals surface area (Å²) in [5.41, 5.74) is 1.68. The van der Waals surface area contributed by atoms with Crippen LogP contribution in [0.2, 0.25) is 0 Å². The summed E-state index contributed by atoms with van der Waals surface area (Å²) in [5, 5.41) is 3.14. The number of cyclic esters (lactones) is 1. The highest BCUT2D eigenvalue weighted by Crippen LogP contribution is 2.19. The topological polar surface area (TPSA) is 54.5 Å². The van der Waals surface area contributed by atoms with Crippen molar-refractivity contribution >= 4 is 17.6 Å². The Labute approximate surface area is 121 Å². The molecule has 0 bridgehead atoms. The summed E-state index contributed by atoms with van der Waals surface area (Å²) in [5.74, 6) is 0.439. The smallest absolute Gasteiger partial charge is 0.414 e. The number of aromatic nitrogens is 1. The maximum atomic E-state index is 12.8. The quantitative estimate of drug-likeness (QED) is 0.939. The van der Waals surface area contributed by atoms with Gasteiger partial charge in [0.15, 0.2) is 0 Å². The van der Waals surface area contributed by atoms with Crippen LogP contribution in [-0.2, 0) is 11.3 Å². The summed E-state index contributed by atoms with van der Waals surface area (Å²) in [6.07, 6.45) is 1.28. The van der Waals surface area contributed by atoms with Gasteiger partial charge in [-0.1, -0.05) is 12.1 Å². The van der Waals surface area contributed by atoms with Gasteiger partial charge in [-0.15, -0.1) is 0 Å². The van der Waals surface area contributed by atoms with Gasteiger partial charge in [0.05, 0.1) is 18.4 Å². The molecule has 1 amide bonds. The Kier molecular flexibility index (Phi) is 3.68. The standard InChI is InChI=1S/C15H14FN3O2/c16-12-3-1-11(2-4-12)9-17-14-6-5-13(10-18-14)19-7-8-21-15(19)20/h1-6,10H,7-9H2,(H,17,18). The fourth-order valence-corrected chi connectivity index (χ4v) is 2.07. The predicted octanol–water partition coefficient (Wildman–Crippen LogP) is 2.79. The fraction of sp³-hybridized carbons (Fsp3) is 0.200. The monoisotopic (exact) mass is 287 g/mol. The van der Waals surface area contributed by atoms with Gasteiger partial charge in [0.1, 0.15) is 18.2 Å². The lowest BCUT2D eigenvalue weighted by Gasteiger charge is -2.13. The molecule has 0 spiro atoms. The summed E-state index contributed by atoms with van der Waals surface area (Å²) < 4.78 is 17.7. The number of pyridine rings is 1. The van der Waals surface area contributed by atoms with E-state index < -0.39 is 0 Å². The van der Waals surface area contributed by atoms with Gasteiger partial charge < -0.3 is 10.1 Å². The second-order valence-electron chi connectivity index (χ2n) is 4.65. The molecule has 3 rings (SSSR count). The van der Waals surface area contributed by atoms with Gasteiger partial charge in [-0.3, -0.25) is 4.90 Å². The maximum absolute atomic E-state index is 12.8. The van der Waals surface area contributed by atoms with Crippen molar-refractivity contribution in [3.63, 3.8) is 0 Å². The van der Waals surface area contributed by atoms with Crippen LogP contribution >= 0.6 is 0 Å². The van der Waals surface area contributed by atoms with Crippen LogP contribution in [0.3, 0.4) is 0 Å². The molecule has 2 heterocycles. The van der Waals surface area contributed by atoms with Gasteiger partial charge in [0, 0.05) is 6.54 Å². The molecular formula is C15H14FN3O2. The molecule has 0 unspecified atom stereocenters. The highest BCUT2D eigenvalue weighted by atomic mass is 19.1. The number of ether oxygens (including phenoxy) is 1. The van der Waals surface area contributed by atoms with E-state index in [1.165, 1.54) is 17.0 Å². The molecule has 5 nitrogen and oxygen atoms in total. The van der Waals surface area contributed by atoms with Gasteiger partial charge >= 0.3 is 6.09 Å². The minimum Gasteiger partial charge on any atom is -0.447 e. The van der Waals surface area contributed by atoms with Crippen LogP contribution in [0.1, 0.15) is 5.56 Å². The van der Waals surface area contributed by atoms with Crippen molar-refractivity contribution in [1.29, 1.82) is 0 Å². The van der Waals surface area contributed by atoms with Crippen molar-refractivity contribution in [3.05, 3.63) is 54.0 Å². The molecule has 1 saturated heterocycles. The second-order valence-corrected chi connectivity index (χ2v) is 4.65. The molecule has 0 radical (unpaired) electrons. The third-order valence-electron chi connectivity index (χ3n) is 3.21. The molecule has 21 heavy (non-hydrogen) atoms. The van der Waals surface area contributed by atoms with E-state index in [4.69, 9.17) is 4.74 Å². The Morgan fingerprint density at radius 2 is 2.05 bits per heavy atom. The molecule has 0 aliphatic carbocycles. The summed E-state index contributed by atoms with van der Waals surface area (Å²) in [6, 6.07) is 9.89. The highest BCUT2D eigenvalue weighted by molar-refractivity contribution is 5.89. The average Bonchev–Trinajstić information content (AvgIpc) is 2.93. The van der Waals surface area contributed by atoms with E-state index in [0.717, 1.165) is 5.56 Å². The number of rotatable bonds is 4. The van der Waals surface area contributed by atoms with E-state index in [1.807, 2.05) is 6.07 Å². The number of halogens is 1. The molecular weight excluding hydrogens is 273 g/mol. The van der Waals surface area contributed by atoms with Gasteiger partial charge in [-0.25, -0.2) is 14.2 Å². The van der Waals surface area contributed by atoms with Crippen molar-refractivity contribution < 1.29 is 13.9 Å². The molecule has 1 fully saturated rings. The van der Waals surface area contributed by atoms with E-state index >= 15 is 0 Å². The average molecular weight is 287 g/mol. The number of amides is 1. The Morgan fingerprint density at radius 3 is 2.67 bits per heavy atom. The zero-order valence-corrected chi connectivity index (χ0v) is 11.3. The molecule has 0 saturated carbocycles. The van der Waals surface area contributed by atoms with Crippen molar-refractivity contribution in [3.8, 4) is 0 Å². The number of benzene rings is 1. The van der Waals surface area contributed by atoms with E-state index in [0.29, 0.717) is 31.2 Å². The zero-order chi connectivity index (χ0) is 14.7. The first-order valence-electron chi connectivity index (χ1n) is 6.61. The largest absolute Gasteiger partial charge is 0.447 e. The molecule has 0 atom stereocenters. The van der Waals surface area contributed by atoms with E-state index in [9.17, 15) is 9.18 Å². The third-order valence-corrected chi connectivity index (χ3v) is 3.21. The SMILES string of the molecule is O=C1OCCN1c1ccc(NCc2ccc(F)cc2)nc1. The first kappa shape index (κ1) is 13.4. The Hall–Kier alpha value is -2.63. The van der Waals surface area contributed by atoms with Crippen LogP contribution in [0.25, 0.3) is 0 Å². The normalized spacial score (nSPS) is 14.1. The zero-order valence-electron chi connectivity index (χ0n) is 11.3. The van der Waals surface area contributed by atoms with Crippen LogP contribution in [0.5, 0.6) is 0 Å². The number of carbonyl (C=O) groups is 1. The molecule has 1 N–H and O–H groups in total. The van der Waals surface area contributed by atoms with Crippen molar-refractivity contribution in [2.45, 2.75) is 6.54 Å². The molecule has 1 aromatic carbocycles. The predicted molar refractivity (Wildman–Crippen MR) is 76.7 cm³/mol. The summed E-state index contributed by atoms with van der Waals surface area (Å²) in [7, 11) is 0. The van der Waals surface area contributed by atoms with Gasteiger partial charge in [-0.2, -0.15) is 0 Å². The minimum absolute atomic E-state index is 0.251. The van der Waals surface area contributed by atoms with E-state index in [2.05, 4.69) is 10.3 Å². The highest BCUT2D eigenvalue weighted by Gasteiger charge is 2.23. The molecule has 1 aromatic heterocycles. The molecule has 1 aliphatic heterocycles. The Balaban J connectivity index is 1.62. The fourth-order valence-electron chi connectivity index (χ4n) is 2.07. The number of anilines is 2. The minimum atomic E-state index is -0.344. The Morgan fingerprint density at radius 1 is 1.24 bits per heavy atom. The lowest BCUT2D eigenvalue weighted by atomic mass is 10.2. The first-order valence-corrected chi connectivity index (χ1v) is 6.61. The van der Waals surface area contributed by atoms with E-state index in [-0.39, 0.29) is 11.9 Å². The number of hydrogen-bond acceptors (Lipinski definition) is 4. The second kappa shape index (κ2) is 5.78. The lowest BCUT2D eigenvalue weighted by molar-refractivity contribution is 0.181. The van der Waals surface area contributed by atoms with Crippen LogP contribution in [-0.4, -0.2) is 24.2 Å². The molecule has 2 aromatic rings. The Bertz CT molecular complexity index is 628. The summed E-state index contributed by atoms with van der Waals surface area (Å²) in [6.45, 7) is 1.50. The molecule has 6 heteroatoms. The van der Waals surface area contributed by atoms with Crippen molar-refractivity contribution in [1.82, 2.24) is 4.98 Å². The lowest BCUT2D eigenvalue weighted by Crippen LogP contribution is -2.23. The third kappa shape index (κ3) is 3.10. The van der Waals surface area contributed by atoms with Crippen molar-refractivity contribution in [2.24, 2.45) is 0 Å². The number of hydrogen-bond donors (Lipinski definition) is 1. The van der Waals surface area contributed by atoms with Crippen LogP contribution in [0.15, 0.2) is 42.6 Å². The summed E-state index contributed by atoms with van der Waals surface area (Å²) >= 11 is 0. The van der Waals surface area contributed by atoms with Crippen LogP contribution in [0, 0.1) is 5.82 Å². The van der Waals surface area contributed by atoms with Crippen LogP contribution in [0.4, 0.5) is 20.7 Å². The summed E-state index contributed by atoms with van der Waals surface area (Å²) in [4.78, 5) is 17.2. The van der Waals surface area contributed by atoms with Gasteiger partial charge in [-0.05, 0) is 29.8 Å². The maximum Gasteiger partial charge on any atom is 0.414 e. The molecule has 108 valence electrons. The first-order chi connectivity index (χ1) is 10.2.